The maximum Gasteiger partial charge on any atom is 0.164 e. The fourth-order valence-electron chi connectivity index (χ4n) is 6.15. The number of benzene rings is 4. The van der Waals surface area contributed by atoms with E-state index in [1.807, 2.05) is 108 Å². The standard InChI is InChI=1S/C27H14NO2.C15H28O2.Ir/c1-4-13-21-18(9-1)24-19-10-3-6-15-23(19)30-27(24)25(28-21)20-12-7-11-17-16-8-2-5-14-22(16)29-26(17)20;1-7-14(5,8-2)12(16)11-13(17)15(6,9-3)10-4;/h1-11,13-15H;11,16H,7-10H2,1-6H3;/q-1;;/b;12-11-;. The van der Waals surface area contributed by atoms with Crippen molar-refractivity contribution in [1.82, 2.24) is 4.98 Å². The summed E-state index contributed by atoms with van der Waals surface area (Å²) >= 11 is 0. The van der Waals surface area contributed by atoms with Crippen LogP contribution < -0.4 is 0 Å². The number of rotatable bonds is 8. The zero-order chi connectivity index (χ0) is 33.3. The van der Waals surface area contributed by atoms with Gasteiger partial charge >= 0.3 is 0 Å². The van der Waals surface area contributed by atoms with Crippen LogP contribution in [-0.4, -0.2) is 15.9 Å². The second kappa shape index (κ2) is 14.1. The predicted molar refractivity (Wildman–Crippen MR) is 194 cm³/mol. The zero-order valence-corrected chi connectivity index (χ0v) is 30.8. The molecule has 7 rings (SSSR count). The molecule has 0 atom stereocenters. The fourth-order valence-corrected chi connectivity index (χ4v) is 6.15. The van der Waals surface area contributed by atoms with E-state index < -0.39 is 0 Å². The molecule has 0 aliphatic carbocycles. The number of furan rings is 2. The van der Waals surface area contributed by atoms with Crippen molar-refractivity contribution in [3.8, 4) is 11.3 Å². The van der Waals surface area contributed by atoms with E-state index in [0.29, 0.717) is 0 Å². The van der Waals surface area contributed by atoms with E-state index in [2.05, 4.69) is 24.3 Å². The summed E-state index contributed by atoms with van der Waals surface area (Å²) in [6, 6.07) is 31.8. The Hall–Kier alpha value is -4.25. The number of hydrogen-bond acceptors (Lipinski definition) is 5. The average molecular weight is 817 g/mol. The number of hydrogen-bond donors (Lipinski definition) is 1. The van der Waals surface area contributed by atoms with Crippen LogP contribution in [0.1, 0.15) is 67.2 Å². The molecule has 0 bridgehead atoms. The van der Waals surface area contributed by atoms with Gasteiger partial charge in [0.25, 0.3) is 0 Å². The van der Waals surface area contributed by atoms with Gasteiger partial charge < -0.3 is 13.9 Å². The molecule has 0 saturated carbocycles. The van der Waals surface area contributed by atoms with Crippen molar-refractivity contribution in [3.63, 3.8) is 0 Å². The Kier molecular flexibility index (Phi) is 10.3. The number of para-hydroxylation sites is 3. The molecule has 0 aliphatic heterocycles. The van der Waals surface area contributed by atoms with Crippen molar-refractivity contribution in [2.24, 2.45) is 10.8 Å². The van der Waals surface area contributed by atoms with Crippen LogP contribution in [-0.2, 0) is 24.9 Å². The third-order valence-electron chi connectivity index (χ3n) is 10.4. The first-order valence-electron chi connectivity index (χ1n) is 16.7. The third-order valence-corrected chi connectivity index (χ3v) is 10.4. The van der Waals surface area contributed by atoms with E-state index >= 15 is 0 Å². The number of aromatic nitrogens is 1. The van der Waals surface area contributed by atoms with Crippen LogP contribution in [0.15, 0.2) is 106 Å². The average Bonchev–Trinajstić information content (AvgIpc) is 3.70. The summed E-state index contributed by atoms with van der Waals surface area (Å²) in [5.74, 6) is 0.286. The summed E-state index contributed by atoms with van der Waals surface area (Å²) in [7, 11) is 0. The molecule has 48 heavy (non-hydrogen) atoms. The minimum absolute atomic E-state index is 0. The number of ketones is 1. The Bertz CT molecular complexity index is 2270. The summed E-state index contributed by atoms with van der Waals surface area (Å²) in [5, 5.41) is 15.5. The number of aliphatic hydroxyl groups is 1. The molecular formula is C42H42IrNO4-. The Morgan fingerprint density at radius 2 is 1.27 bits per heavy atom. The Labute approximate surface area is 295 Å². The van der Waals surface area contributed by atoms with Crippen molar-refractivity contribution in [2.45, 2.75) is 67.2 Å². The van der Waals surface area contributed by atoms with Gasteiger partial charge in [0.15, 0.2) is 5.78 Å². The third kappa shape index (κ3) is 6.08. The smallest absolute Gasteiger partial charge is 0.164 e. The van der Waals surface area contributed by atoms with Gasteiger partial charge in [0, 0.05) is 64.3 Å². The molecule has 7 aromatic rings. The molecule has 0 saturated heterocycles. The number of nitrogens with zero attached hydrogens (tertiary/aromatic N) is 1. The first-order chi connectivity index (χ1) is 22.7. The van der Waals surface area contributed by atoms with E-state index in [0.717, 1.165) is 91.7 Å². The molecule has 0 fully saturated rings. The van der Waals surface area contributed by atoms with Crippen LogP contribution in [0.4, 0.5) is 0 Å². The van der Waals surface area contributed by atoms with Crippen molar-refractivity contribution >= 4 is 60.6 Å². The predicted octanol–water partition coefficient (Wildman–Crippen LogP) is 12.1. The zero-order valence-electron chi connectivity index (χ0n) is 28.4. The van der Waals surface area contributed by atoms with Gasteiger partial charge in [0.05, 0.1) is 11.1 Å². The van der Waals surface area contributed by atoms with Crippen LogP contribution in [0, 0.1) is 16.9 Å². The monoisotopic (exact) mass is 817 g/mol. The second-order valence-corrected chi connectivity index (χ2v) is 12.9. The van der Waals surface area contributed by atoms with Crippen LogP contribution >= 0.6 is 0 Å². The minimum Gasteiger partial charge on any atom is -0.512 e. The number of carbonyl (C=O) groups excluding carboxylic acids is 1. The van der Waals surface area contributed by atoms with Gasteiger partial charge in [-0.2, -0.15) is 0 Å². The molecular weight excluding hydrogens is 775 g/mol. The first-order valence-corrected chi connectivity index (χ1v) is 16.7. The molecule has 5 nitrogen and oxygen atoms in total. The number of allylic oxidation sites excluding steroid dienone is 2. The van der Waals surface area contributed by atoms with E-state index in [4.69, 9.17) is 13.8 Å². The van der Waals surface area contributed by atoms with Gasteiger partial charge in [0.2, 0.25) is 0 Å². The summed E-state index contributed by atoms with van der Waals surface area (Å²) in [5.41, 5.74) is 5.14. The van der Waals surface area contributed by atoms with Gasteiger partial charge in [-0.1, -0.05) is 107 Å². The largest absolute Gasteiger partial charge is 0.512 e. The van der Waals surface area contributed by atoms with E-state index in [1.54, 1.807) is 0 Å². The Balaban J connectivity index is 0.000000218. The van der Waals surface area contributed by atoms with Crippen molar-refractivity contribution in [2.75, 3.05) is 0 Å². The fraction of sp³-hybridized carbons (Fsp3) is 0.286. The SMILES string of the molecule is CCC(C)(CC)C(=O)/C=C(\O)C(C)(CC)CC.[Ir].[c-]1ccc2c(oc3ccccc32)c1-c1nc2ccccc2c2c1oc1ccccc12. The van der Waals surface area contributed by atoms with E-state index in [-0.39, 0.29) is 42.5 Å². The number of aliphatic hydroxyl groups excluding tert-OH is 1. The van der Waals surface area contributed by atoms with Crippen LogP contribution in [0.25, 0.3) is 66.0 Å². The van der Waals surface area contributed by atoms with Gasteiger partial charge in [-0.3, -0.25) is 9.78 Å². The molecule has 1 radical (unpaired) electrons. The molecule has 6 heteroatoms. The van der Waals surface area contributed by atoms with E-state index in [1.165, 1.54) is 6.08 Å². The molecule has 3 aromatic heterocycles. The Morgan fingerprint density at radius 1 is 0.729 bits per heavy atom. The molecule has 0 aliphatic rings. The first kappa shape index (κ1) is 35.1. The van der Waals surface area contributed by atoms with Gasteiger partial charge in [-0.15, -0.1) is 18.2 Å². The molecule has 0 amide bonds. The summed E-state index contributed by atoms with van der Waals surface area (Å²) in [6.07, 6.45) is 4.75. The quantitative estimate of drug-likeness (QED) is 0.0939. The summed E-state index contributed by atoms with van der Waals surface area (Å²) < 4.78 is 12.6. The van der Waals surface area contributed by atoms with Crippen molar-refractivity contribution < 1.29 is 38.8 Å². The van der Waals surface area contributed by atoms with Gasteiger partial charge in [0.1, 0.15) is 22.5 Å². The van der Waals surface area contributed by atoms with Crippen molar-refractivity contribution in [3.05, 3.63) is 103 Å². The Morgan fingerprint density at radius 3 is 1.92 bits per heavy atom. The van der Waals surface area contributed by atoms with E-state index in [9.17, 15) is 9.90 Å². The number of fused-ring (bicyclic) bond motifs is 8. The molecule has 0 unspecified atom stereocenters. The molecule has 4 aromatic carbocycles. The van der Waals surface area contributed by atoms with Gasteiger partial charge in [-0.25, -0.2) is 0 Å². The number of carbonyl (C=O) groups is 1. The van der Waals surface area contributed by atoms with Crippen LogP contribution in [0.5, 0.6) is 0 Å². The maximum absolute atomic E-state index is 12.2. The molecule has 1 N–H and O–H groups in total. The van der Waals surface area contributed by atoms with Gasteiger partial charge in [-0.05, 0) is 43.9 Å². The second-order valence-electron chi connectivity index (χ2n) is 12.9. The summed E-state index contributed by atoms with van der Waals surface area (Å²) in [6.45, 7) is 12.1. The topological polar surface area (TPSA) is 76.5 Å². The molecule has 249 valence electrons. The molecule has 0 spiro atoms. The maximum atomic E-state index is 12.2. The van der Waals surface area contributed by atoms with Crippen LogP contribution in [0.3, 0.4) is 0 Å². The number of pyridine rings is 1. The summed E-state index contributed by atoms with van der Waals surface area (Å²) in [4.78, 5) is 17.2. The molecule has 3 heterocycles. The van der Waals surface area contributed by atoms with Crippen LogP contribution in [0.2, 0.25) is 0 Å². The minimum atomic E-state index is -0.337. The normalized spacial score (nSPS) is 12.4. The van der Waals surface area contributed by atoms with Crippen molar-refractivity contribution in [1.29, 1.82) is 0 Å².